The number of carbonyl (C=O) groups excluding carboxylic acids is 1. The summed E-state index contributed by atoms with van der Waals surface area (Å²) in [4.78, 5) is 12.0. The van der Waals surface area contributed by atoms with Gasteiger partial charge in [0.15, 0.2) is 0 Å². The predicted molar refractivity (Wildman–Crippen MR) is 87.8 cm³/mol. The van der Waals surface area contributed by atoms with Gasteiger partial charge in [-0.25, -0.2) is 4.79 Å². The maximum absolute atomic E-state index is 12.7. The van der Waals surface area contributed by atoms with Crippen molar-refractivity contribution < 1.29 is 23.1 Å². The molecule has 128 valence electrons. The van der Waals surface area contributed by atoms with Crippen LogP contribution in [0.15, 0.2) is 30.3 Å². The number of rotatable bonds is 5. The maximum Gasteiger partial charge on any atom is 0.407 e. The largest absolute Gasteiger partial charge is 0.444 e. The number of hydrogen-bond donors (Lipinski definition) is 1. The smallest absolute Gasteiger partial charge is 0.407 e. The fraction of sp³-hybridized carbons (Fsp3) is 0.562. The van der Waals surface area contributed by atoms with E-state index in [0.29, 0.717) is 0 Å². The van der Waals surface area contributed by atoms with Crippen LogP contribution in [0.2, 0.25) is 0 Å². The van der Waals surface area contributed by atoms with Gasteiger partial charge < -0.3 is 19.1 Å². The molecule has 7 heteroatoms. The van der Waals surface area contributed by atoms with Crippen LogP contribution in [0.4, 0.5) is 4.79 Å². The molecule has 0 unspecified atom stereocenters. The molecule has 1 aliphatic rings. The third kappa shape index (κ3) is 4.14. The summed E-state index contributed by atoms with van der Waals surface area (Å²) in [6.45, 7) is 5.38. The Morgan fingerprint density at radius 1 is 1.13 bits per heavy atom. The van der Waals surface area contributed by atoms with Crippen LogP contribution in [-0.4, -0.2) is 37.6 Å². The van der Waals surface area contributed by atoms with E-state index in [-0.39, 0.29) is 12.0 Å². The Labute approximate surface area is 137 Å². The maximum atomic E-state index is 12.7. The molecule has 0 aromatic heterocycles. The standard InChI is InChI=1S/C16H24NO5P/c1-16(2,3)22-15(18)17-13-12(11-9-7-6-8-10-11)14(13)23(19,20-4)21-5/h6-10,12-14H,1-5H3,(H,17,18)/t12-,13-,14-/m1/s1. The number of hydrogen-bond acceptors (Lipinski definition) is 5. The minimum atomic E-state index is -3.30. The number of amides is 1. The van der Waals surface area contributed by atoms with Crippen LogP contribution in [0, 0.1) is 0 Å². The van der Waals surface area contributed by atoms with Crippen molar-refractivity contribution in [2.45, 2.75) is 44.0 Å². The first kappa shape index (κ1) is 18.0. The molecule has 2 rings (SSSR count). The Morgan fingerprint density at radius 3 is 2.17 bits per heavy atom. The highest BCUT2D eigenvalue weighted by Gasteiger charge is 2.63. The molecule has 3 atom stereocenters. The number of alkyl carbamates (subject to hydrolysis) is 1. The van der Waals surface area contributed by atoms with Crippen LogP contribution in [0.5, 0.6) is 0 Å². The summed E-state index contributed by atoms with van der Waals surface area (Å²) in [5.74, 6) is -0.130. The molecule has 1 saturated carbocycles. The van der Waals surface area contributed by atoms with E-state index in [2.05, 4.69) is 5.32 Å². The van der Waals surface area contributed by atoms with Crippen molar-refractivity contribution in [2.75, 3.05) is 14.2 Å². The number of nitrogens with one attached hydrogen (secondary N) is 1. The lowest BCUT2D eigenvalue weighted by atomic mass is 10.1. The molecule has 0 heterocycles. The number of ether oxygens (including phenoxy) is 1. The average Bonchev–Trinajstić information content (AvgIpc) is 3.19. The van der Waals surface area contributed by atoms with Crippen molar-refractivity contribution >= 4 is 13.7 Å². The molecule has 0 bridgehead atoms. The zero-order valence-corrected chi connectivity index (χ0v) is 15.0. The highest BCUT2D eigenvalue weighted by Crippen LogP contribution is 2.67. The topological polar surface area (TPSA) is 73.9 Å². The van der Waals surface area contributed by atoms with Crippen molar-refractivity contribution in [2.24, 2.45) is 0 Å². The van der Waals surface area contributed by atoms with Gasteiger partial charge in [0.2, 0.25) is 0 Å². The van der Waals surface area contributed by atoms with E-state index in [0.717, 1.165) is 5.56 Å². The van der Waals surface area contributed by atoms with E-state index in [1.54, 1.807) is 20.8 Å². The highest BCUT2D eigenvalue weighted by molar-refractivity contribution is 7.55. The summed E-state index contributed by atoms with van der Waals surface area (Å²) >= 11 is 0. The Hall–Kier alpha value is -1.36. The molecule has 1 aliphatic carbocycles. The summed E-state index contributed by atoms with van der Waals surface area (Å²) in [6, 6.07) is 9.23. The van der Waals surface area contributed by atoms with Crippen LogP contribution in [-0.2, 0) is 18.3 Å². The van der Waals surface area contributed by atoms with Crippen LogP contribution < -0.4 is 5.32 Å². The van der Waals surface area contributed by atoms with E-state index in [1.165, 1.54) is 14.2 Å². The third-order valence-corrected chi connectivity index (χ3v) is 6.11. The molecule has 0 saturated heterocycles. The summed E-state index contributed by atoms with van der Waals surface area (Å²) in [5, 5.41) is 2.79. The molecule has 0 aliphatic heterocycles. The van der Waals surface area contributed by atoms with Crippen LogP contribution in [0.3, 0.4) is 0 Å². The minimum absolute atomic E-state index is 0.130. The monoisotopic (exact) mass is 341 g/mol. The molecule has 0 radical (unpaired) electrons. The van der Waals surface area contributed by atoms with Crippen LogP contribution in [0.1, 0.15) is 32.3 Å². The zero-order valence-electron chi connectivity index (χ0n) is 14.1. The molecule has 1 fully saturated rings. The van der Waals surface area contributed by atoms with Gasteiger partial charge in [-0.05, 0) is 26.3 Å². The van der Waals surface area contributed by atoms with E-state index in [4.69, 9.17) is 13.8 Å². The molecule has 6 nitrogen and oxygen atoms in total. The molecular formula is C16H24NO5P. The van der Waals surface area contributed by atoms with Crippen LogP contribution in [0.25, 0.3) is 0 Å². The van der Waals surface area contributed by atoms with Gasteiger partial charge >= 0.3 is 13.7 Å². The van der Waals surface area contributed by atoms with Gasteiger partial charge in [0.1, 0.15) is 5.60 Å². The first-order valence-corrected chi connectivity index (χ1v) is 9.08. The van der Waals surface area contributed by atoms with E-state index >= 15 is 0 Å². The van der Waals surface area contributed by atoms with Crippen molar-refractivity contribution in [3.8, 4) is 0 Å². The van der Waals surface area contributed by atoms with Gasteiger partial charge in [0, 0.05) is 20.1 Å². The normalized spacial score (nSPS) is 24.1. The van der Waals surface area contributed by atoms with E-state index in [9.17, 15) is 9.36 Å². The third-order valence-electron chi connectivity index (χ3n) is 3.72. The Balaban J connectivity index is 2.18. The molecular weight excluding hydrogens is 317 g/mol. The minimum Gasteiger partial charge on any atom is -0.444 e. The van der Waals surface area contributed by atoms with Gasteiger partial charge in [-0.1, -0.05) is 30.3 Å². The molecule has 1 aromatic carbocycles. The summed E-state index contributed by atoms with van der Waals surface area (Å²) in [5.41, 5.74) is -0.0385. The van der Waals surface area contributed by atoms with Crippen molar-refractivity contribution in [1.29, 1.82) is 0 Å². The lowest BCUT2D eigenvalue weighted by molar-refractivity contribution is 0.0522. The molecule has 0 spiro atoms. The zero-order chi connectivity index (χ0) is 17.3. The molecule has 1 amide bonds. The molecule has 1 N–H and O–H groups in total. The average molecular weight is 341 g/mol. The number of carbonyl (C=O) groups is 1. The second kappa shape index (κ2) is 6.63. The first-order chi connectivity index (χ1) is 10.7. The fourth-order valence-corrected chi connectivity index (χ4v) is 4.65. The van der Waals surface area contributed by atoms with Crippen molar-refractivity contribution in [3.05, 3.63) is 35.9 Å². The fourth-order valence-electron chi connectivity index (χ4n) is 2.70. The number of benzene rings is 1. The second-order valence-corrected chi connectivity index (χ2v) is 8.91. The van der Waals surface area contributed by atoms with Gasteiger partial charge in [-0.2, -0.15) is 0 Å². The predicted octanol–water partition coefficient (Wildman–Crippen LogP) is 3.53. The Kier molecular flexibility index (Phi) is 5.19. The first-order valence-electron chi connectivity index (χ1n) is 7.47. The van der Waals surface area contributed by atoms with Gasteiger partial charge in [0.05, 0.1) is 11.7 Å². The lowest BCUT2D eigenvalue weighted by Gasteiger charge is -2.20. The lowest BCUT2D eigenvalue weighted by Crippen LogP contribution is -2.35. The second-order valence-electron chi connectivity index (χ2n) is 6.50. The van der Waals surface area contributed by atoms with Gasteiger partial charge in [0.25, 0.3) is 0 Å². The van der Waals surface area contributed by atoms with Crippen LogP contribution >= 0.6 is 7.60 Å². The summed E-state index contributed by atoms with van der Waals surface area (Å²) in [6.07, 6.45) is -0.537. The Bertz CT molecular complexity index is 590. The summed E-state index contributed by atoms with van der Waals surface area (Å²) < 4.78 is 28.3. The highest BCUT2D eigenvalue weighted by atomic mass is 31.2. The van der Waals surface area contributed by atoms with Crippen molar-refractivity contribution in [1.82, 2.24) is 5.32 Å². The van der Waals surface area contributed by atoms with E-state index in [1.807, 2.05) is 30.3 Å². The summed E-state index contributed by atoms with van der Waals surface area (Å²) in [7, 11) is -0.585. The molecule has 23 heavy (non-hydrogen) atoms. The quantitative estimate of drug-likeness (QED) is 0.829. The van der Waals surface area contributed by atoms with E-state index < -0.39 is 24.9 Å². The molecule has 1 aromatic rings. The SMILES string of the molecule is COP(=O)(OC)[C@H]1[C@H](NC(=O)OC(C)(C)C)[C@H]1c1ccccc1. The Morgan fingerprint density at radius 2 is 1.70 bits per heavy atom. The van der Waals surface area contributed by atoms with Gasteiger partial charge in [-0.15, -0.1) is 0 Å². The van der Waals surface area contributed by atoms with Gasteiger partial charge in [-0.3, -0.25) is 4.57 Å². The van der Waals surface area contributed by atoms with Crippen molar-refractivity contribution in [3.63, 3.8) is 0 Å².